The number of ether oxygens (including phenoxy) is 1. The first-order valence-electron chi connectivity index (χ1n) is 8.72. The van der Waals surface area contributed by atoms with Gasteiger partial charge in [-0.25, -0.2) is 0 Å². The van der Waals surface area contributed by atoms with E-state index in [9.17, 15) is 9.59 Å². The molecule has 0 aliphatic heterocycles. The Bertz CT molecular complexity index is 782. The molecule has 0 aromatic heterocycles. The number of amides is 2. The zero-order valence-corrected chi connectivity index (χ0v) is 15.9. The molecular formula is C21H26N2O3. The molecule has 0 heterocycles. The van der Waals surface area contributed by atoms with Gasteiger partial charge in [0, 0.05) is 5.56 Å². The Morgan fingerprint density at radius 3 is 2.19 bits per heavy atom. The van der Waals surface area contributed by atoms with E-state index >= 15 is 0 Å². The molecule has 1 unspecified atom stereocenters. The lowest BCUT2D eigenvalue weighted by Gasteiger charge is -2.17. The van der Waals surface area contributed by atoms with E-state index < -0.39 is 12.0 Å². The van der Waals surface area contributed by atoms with E-state index in [0.717, 1.165) is 16.7 Å². The van der Waals surface area contributed by atoms with Crippen LogP contribution in [0.3, 0.4) is 0 Å². The third-order valence-electron chi connectivity index (χ3n) is 4.37. The van der Waals surface area contributed by atoms with Crippen molar-refractivity contribution in [3.05, 3.63) is 64.7 Å². The molecule has 2 aromatic rings. The molecule has 2 amide bonds. The highest BCUT2D eigenvalue weighted by molar-refractivity contribution is 5.95. The molecule has 5 nitrogen and oxygen atoms in total. The third kappa shape index (κ3) is 4.85. The summed E-state index contributed by atoms with van der Waals surface area (Å²) in [7, 11) is 0. The van der Waals surface area contributed by atoms with Crippen molar-refractivity contribution in [1.29, 1.82) is 0 Å². The quantitative estimate of drug-likeness (QED) is 0.805. The fourth-order valence-corrected chi connectivity index (χ4v) is 2.41. The van der Waals surface area contributed by atoms with Crippen molar-refractivity contribution in [1.82, 2.24) is 10.9 Å². The molecule has 5 heteroatoms. The number of nitrogens with one attached hydrogen (secondary N) is 2. The number of hydrazine groups is 1. The van der Waals surface area contributed by atoms with Gasteiger partial charge in [-0.05, 0) is 61.6 Å². The van der Waals surface area contributed by atoms with Gasteiger partial charge >= 0.3 is 0 Å². The van der Waals surface area contributed by atoms with Gasteiger partial charge in [-0.3, -0.25) is 20.4 Å². The van der Waals surface area contributed by atoms with Crippen molar-refractivity contribution in [2.75, 3.05) is 0 Å². The van der Waals surface area contributed by atoms with Crippen molar-refractivity contribution in [2.45, 2.75) is 46.6 Å². The first-order chi connectivity index (χ1) is 12.3. The summed E-state index contributed by atoms with van der Waals surface area (Å²) in [4.78, 5) is 24.3. The van der Waals surface area contributed by atoms with E-state index in [4.69, 9.17) is 4.74 Å². The molecule has 2 aromatic carbocycles. The average molecular weight is 354 g/mol. The second-order valence-corrected chi connectivity index (χ2v) is 6.68. The molecule has 2 rings (SSSR count). The summed E-state index contributed by atoms with van der Waals surface area (Å²) in [6, 6.07) is 13.0. The van der Waals surface area contributed by atoms with Crippen LogP contribution in [0, 0.1) is 13.8 Å². The second-order valence-electron chi connectivity index (χ2n) is 6.68. The molecule has 0 saturated carbocycles. The topological polar surface area (TPSA) is 67.4 Å². The largest absolute Gasteiger partial charge is 0.481 e. The molecule has 0 bridgehead atoms. The smallest absolute Gasteiger partial charge is 0.279 e. The second kappa shape index (κ2) is 8.52. The fraction of sp³-hybridized carbons (Fsp3) is 0.333. The Balaban J connectivity index is 1.90. The van der Waals surface area contributed by atoms with Crippen LogP contribution in [0.25, 0.3) is 0 Å². The summed E-state index contributed by atoms with van der Waals surface area (Å²) in [5.74, 6) is 0.267. The van der Waals surface area contributed by atoms with E-state index in [1.54, 1.807) is 19.1 Å². The number of hydrogen-bond donors (Lipinski definition) is 2. The predicted octanol–water partition coefficient (Wildman–Crippen LogP) is 3.66. The Labute approximate surface area is 154 Å². The summed E-state index contributed by atoms with van der Waals surface area (Å²) in [6.07, 6.45) is -0.737. The van der Waals surface area contributed by atoms with E-state index in [1.165, 1.54) is 0 Å². The molecule has 0 spiro atoms. The molecule has 0 radical (unpaired) electrons. The van der Waals surface area contributed by atoms with Crippen LogP contribution in [0.2, 0.25) is 0 Å². The molecule has 138 valence electrons. The van der Waals surface area contributed by atoms with E-state index in [0.29, 0.717) is 17.2 Å². The lowest BCUT2D eigenvalue weighted by molar-refractivity contribution is -0.128. The standard InChI is InChI=1S/C21H26N2O3/c1-13(2)17-9-11-18(12-10-17)21(25)23-22-20(24)16(5)26-19-8-6-7-14(3)15(19)4/h6-13,16H,1-5H3,(H,22,24)(H,23,25). The van der Waals surface area contributed by atoms with Crippen LogP contribution >= 0.6 is 0 Å². The van der Waals surface area contributed by atoms with Crippen LogP contribution < -0.4 is 15.6 Å². The maximum atomic E-state index is 12.2. The van der Waals surface area contributed by atoms with Crippen molar-refractivity contribution >= 4 is 11.8 Å². The maximum Gasteiger partial charge on any atom is 0.279 e. The van der Waals surface area contributed by atoms with Gasteiger partial charge < -0.3 is 4.74 Å². The fourth-order valence-electron chi connectivity index (χ4n) is 2.41. The first kappa shape index (κ1) is 19.5. The predicted molar refractivity (Wildman–Crippen MR) is 102 cm³/mol. The number of carbonyl (C=O) groups excluding carboxylic acids is 2. The lowest BCUT2D eigenvalue weighted by atomic mass is 10.0. The van der Waals surface area contributed by atoms with Gasteiger partial charge in [-0.15, -0.1) is 0 Å². The van der Waals surface area contributed by atoms with Gasteiger partial charge in [0.05, 0.1) is 0 Å². The Hall–Kier alpha value is -2.82. The highest BCUT2D eigenvalue weighted by atomic mass is 16.5. The van der Waals surface area contributed by atoms with Crippen LogP contribution in [0.1, 0.15) is 53.7 Å². The van der Waals surface area contributed by atoms with Crippen LogP contribution in [0.4, 0.5) is 0 Å². The molecule has 1 atom stereocenters. The van der Waals surface area contributed by atoms with Gasteiger partial charge in [0.1, 0.15) is 5.75 Å². The van der Waals surface area contributed by atoms with Crippen molar-refractivity contribution in [3.8, 4) is 5.75 Å². The van der Waals surface area contributed by atoms with Crippen LogP contribution in [-0.4, -0.2) is 17.9 Å². The minimum absolute atomic E-state index is 0.368. The zero-order chi connectivity index (χ0) is 19.3. The Morgan fingerprint density at radius 1 is 0.923 bits per heavy atom. The van der Waals surface area contributed by atoms with Gasteiger partial charge in [0.25, 0.3) is 11.8 Å². The average Bonchev–Trinajstić information content (AvgIpc) is 2.63. The van der Waals surface area contributed by atoms with Crippen LogP contribution in [-0.2, 0) is 4.79 Å². The van der Waals surface area contributed by atoms with E-state index in [1.807, 2.05) is 44.2 Å². The summed E-state index contributed by atoms with van der Waals surface area (Å²) in [5, 5.41) is 0. The van der Waals surface area contributed by atoms with Crippen molar-refractivity contribution in [3.63, 3.8) is 0 Å². The first-order valence-corrected chi connectivity index (χ1v) is 8.72. The zero-order valence-electron chi connectivity index (χ0n) is 15.9. The van der Waals surface area contributed by atoms with E-state index in [-0.39, 0.29) is 5.91 Å². The summed E-state index contributed by atoms with van der Waals surface area (Å²) in [5.41, 5.74) is 8.55. The number of hydrogen-bond acceptors (Lipinski definition) is 3. The van der Waals surface area contributed by atoms with Crippen molar-refractivity contribution < 1.29 is 14.3 Å². The number of rotatable bonds is 5. The van der Waals surface area contributed by atoms with Crippen LogP contribution in [0.15, 0.2) is 42.5 Å². The Morgan fingerprint density at radius 2 is 1.58 bits per heavy atom. The van der Waals surface area contributed by atoms with E-state index in [2.05, 4.69) is 24.7 Å². The number of aryl methyl sites for hydroxylation is 1. The summed E-state index contributed by atoms with van der Waals surface area (Å²) in [6.45, 7) is 9.75. The lowest BCUT2D eigenvalue weighted by Crippen LogP contribution is -2.47. The number of benzene rings is 2. The molecule has 0 aliphatic rings. The summed E-state index contributed by atoms with van der Waals surface area (Å²) >= 11 is 0. The molecular weight excluding hydrogens is 328 g/mol. The third-order valence-corrected chi connectivity index (χ3v) is 4.37. The Kier molecular flexibility index (Phi) is 6.39. The van der Waals surface area contributed by atoms with Gasteiger partial charge in [-0.2, -0.15) is 0 Å². The van der Waals surface area contributed by atoms with Gasteiger partial charge in [0.15, 0.2) is 6.10 Å². The van der Waals surface area contributed by atoms with Crippen molar-refractivity contribution in [2.24, 2.45) is 0 Å². The SMILES string of the molecule is Cc1cccc(OC(C)C(=O)NNC(=O)c2ccc(C(C)C)cc2)c1C. The highest BCUT2D eigenvalue weighted by Gasteiger charge is 2.17. The molecule has 26 heavy (non-hydrogen) atoms. The monoisotopic (exact) mass is 354 g/mol. The van der Waals surface area contributed by atoms with Gasteiger partial charge in [-0.1, -0.05) is 38.1 Å². The van der Waals surface area contributed by atoms with Gasteiger partial charge in [0.2, 0.25) is 0 Å². The normalized spacial score (nSPS) is 11.8. The highest BCUT2D eigenvalue weighted by Crippen LogP contribution is 2.21. The maximum absolute atomic E-state index is 12.2. The minimum Gasteiger partial charge on any atom is -0.481 e. The number of carbonyl (C=O) groups is 2. The molecule has 0 fully saturated rings. The molecule has 2 N–H and O–H groups in total. The summed E-state index contributed by atoms with van der Waals surface area (Å²) < 4.78 is 5.70. The molecule has 0 aliphatic carbocycles. The minimum atomic E-state index is -0.737. The van der Waals surface area contributed by atoms with Crippen LogP contribution in [0.5, 0.6) is 5.75 Å². The molecule has 0 saturated heterocycles.